The van der Waals surface area contributed by atoms with E-state index in [1.165, 1.54) is 29.3 Å². The number of carbonyl (C=O) groups is 5. The second-order valence-electron chi connectivity index (χ2n) is 13.1. The van der Waals surface area contributed by atoms with Gasteiger partial charge in [-0.15, -0.1) is 0 Å². The average Bonchev–Trinajstić information content (AvgIpc) is 3.44. The van der Waals surface area contributed by atoms with Gasteiger partial charge in [-0.2, -0.15) is 0 Å². The minimum Gasteiger partial charge on any atom is -0.482 e. The number of ether oxygens (including phenoxy) is 4. The van der Waals surface area contributed by atoms with Crippen LogP contribution in [0.1, 0.15) is 47.8 Å². The SMILES string of the molecule is CN(C)CCN1C(=O)c2cccc3cc(N/C=C/C(=O)Oc4ccc5c(c4)Oc4cc(OCC(=O)O)ccc4C54OC(=O)c5ccccc54)cc(c23)C1=O. The Morgan fingerprint density at radius 3 is 2.30 bits per heavy atom. The lowest BCUT2D eigenvalue weighted by molar-refractivity contribution is -0.139. The normalized spacial score (nSPS) is 16.6. The minimum atomic E-state index is -1.40. The number of nitrogens with one attached hydrogen (secondary N) is 1. The van der Waals surface area contributed by atoms with Gasteiger partial charge < -0.3 is 34.3 Å². The highest BCUT2D eigenvalue weighted by Crippen LogP contribution is 2.57. The van der Waals surface area contributed by atoms with Crippen molar-refractivity contribution in [2.24, 2.45) is 0 Å². The summed E-state index contributed by atoms with van der Waals surface area (Å²) in [7, 11) is 3.74. The molecule has 0 aromatic heterocycles. The van der Waals surface area contributed by atoms with Gasteiger partial charge in [-0.25, -0.2) is 14.4 Å². The first-order chi connectivity index (χ1) is 26.0. The highest BCUT2D eigenvalue weighted by molar-refractivity contribution is 6.26. The van der Waals surface area contributed by atoms with Crippen LogP contribution in [0, 0.1) is 0 Å². The summed E-state index contributed by atoms with van der Waals surface area (Å²) < 4.78 is 23.4. The second-order valence-corrected chi connectivity index (χ2v) is 13.1. The van der Waals surface area contributed by atoms with Crippen molar-refractivity contribution in [2.45, 2.75) is 5.60 Å². The van der Waals surface area contributed by atoms with Gasteiger partial charge in [0.25, 0.3) is 11.8 Å². The summed E-state index contributed by atoms with van der Waals surface area (Å²) in [5.41, 5.74) is 1.93. The molecule has 0 saturated carbocycles. The number of imide groups is 1. The van der Waals surface area contributed by atoms with Gasteiger partial charge in [0.15, 0.2) is 12.2 Å². The molecule has 8 rings (SSSR count). The van der Waals surface area contributed by atoms with E-state index in [2.05, 4.69) is 5.32 Å². The number of likely N-dealkylation sites (N-methyl/N-ethyl adjacent to an activating group) is 1. The summed E-state index contributed by atoms with van der Waals surface area (Å²) in [5.74, 6) is -2.28. The van der Waals surface area contributed by atoms with Crippen LogP contribution in [0.5, 0.6) is 23.0 Å². The van der Waals surface area contributed by atoms with Crippen molar-refractivity contribution in [2.75, 3.05) is 39.1 Å². The predicted molar refractivity (Wildman–Crippen MR) is 194 cm³/mol. The molecule has 0 fully saturated rings. The maximum absolute atomic E-state index is 13.5. The Kier molecular flexibility index (Phi) is 8.34. The van der Waals surface area contributed by atoms with E-state index in [-0.39, 0.29) is 35.4 Å². The van der Waals surface area contributed by atoms with Gasteiger partial charge >= 0.3 is 17.9 Å². The number of carboxylic acids is 1. The third kappa shape index (κ3) is 5.76. The first-order valence-electron chi connectivity index (χ1n) is 16.9. The summed E-state index contributed by atoms with van der Waals surface area (Å²) in [5, 5.41) is 13.4. The molecule has 0 bridgehead atoms. The molecule has 1 spiro atoms. The highest BCUT2D eigenvalue weighted by atomic mass is 16.6. The van der Waals surface area contributed by atoms with Crippen LogP contribution < -0.4 is 19.5 Å². The number of fused-ring (bicyclic) bond motifs is 6. The molecule has 1 atom stereocenters. The third-order valence-electron chi connectivity index (χ3n) is 9.41. The summed E-state index contributed by atoms with van der Waals surface area (Å²) in [6.45, 7) is 0.187. The number of carbonyl (C=O) groups excluding carboxylic acids is 4. The van der Waals surface area contributed by atoms with Gasteiger partial charge in [0.2, 0.25) is 0 Å². The smallest absolute Gasteiger partial charge is 0.341 e. The van der Waals surface area contributed by atoms with Gasteiger partial charge in [-0.3, -0.25) is 14.5 Å². The molecule has 270 valence electrons. The van der Waals surface area contributed by atoms with Crippen LogP contribution in [0.4, 0.5) is 5.69 Å². The molecular weight excluding hydrogens is 694 g/mol. The summed E-state index contributed by atoms with van der Waals surface area (Å²) in [4.78, 5) is 67.1. The zero-order valence-electron chi connectivity index (χ0n) is 29.0. The first kappa shape index (κ1) is 34.1. The third-order valence-corrected chi connectivity index (χ3v) is 9.41. The predicted octanol–water partition coefficient (Wildman–Crippen LogP) is 5.56. The largest absolute Gasteiger partial charge is 0.482 e. The molecule has 2 amide bonds. The van der Waals surface area contributed by atoms with Gasteiger partial charge in [0.1, 0.15) is 23.0 Å². The average molecular weight is 726 g/mol. The van der Waals surface area contributed by atoms with E-state index in [1.807, 2.05) is 25.1 Å². The Balaban J connectivity index is 1.05. The number of hydrogen-bond acceptors (Lipinski definition) is 11. The molecule has 0 aliphatic carbocycles. The lowest BCUT2D eigenvalue weighted by Gasteiger charge is -2.36. The number of benzene rings is 5. The maximum Gasteiger partial charge on any atom is 0.341 e. The Hall–Kier alpha value is -6.99. The number of amides is 2. The van der Waals surface area contributed by atoms with Crippen LogP contribution in [0.25, 0.3) is 10.8 Å². The Morgan fingerprint density at radius 1 is 0.833 bits per heavy atom. The first-order valence-corrected chi connectivity index (χ1v) is 16.9. The van der Waals surface area contributed by atoms with E-state index in [1.54, 1.807) is 72.8 Å². The summed E-state index contributed by atoms with van der Waals surface area (Å²) in [6, 6.07) is 25.2. The molecule has 2 N–H and O–H groups in total. The Labute approximate surface area is 307 Å². The van der Waals surface area contributed by atoms with Crippen molar-refractivity contribution < 1.29 is 48.0 Å². The van der Waals surface area contributed by atoms with Gasteiger partial charge in [0, 0.05) is 70.8 Å². The quantitative estimate of drug-likeness (QED) is 0.0800. The number of aliphatic carboxylic acids is 1. The minimum absolute atomic E-state index is 0.133. The van der Waals surface area contributed by atoms with Crippen LogP contribution >= 0.6 is 0 Å². The highest BCUT2D eigenvalue weighted by Gasteiger charge is 2.53. The molecule has 5 aromatic carbocycles. The molecule has 54 heavy (non-hydrogen) atoms. The zero-order valence-corrected chi connectivity index (χ0v) is 29.0. The van der Waals surface area contributed by atoms with Crippen molar-refractivity contribution in [3.05, 3.63) is 137 Å². The van der Waals surface area contributed by atoms with E-state index in [4.69, 9.17) is 24.1 Å². The maximum atomic E-state index is 13.5. The Morgan fingerprint density at radius 2 is 1.54 bits per heavy atom. The molecule has 13 nitrogen and oxygen atoms in total. The lowest BCUT2D eigenvalue weighted by Crippen LogP contribution is -2.43. The molecule has 3 aliphatic heterocycles. The Bertz CT molecular complexity index is 2470. The second kappa shape index (κ2) is 13.2. The lowest BCUT2D eigenvalue weighted by atomic mass is 9.77. The fraction of sp³-hybridized carbons (Fsp3) is 0.146. The standard InChI is InChI=1S/C41H31N3O10/c1-43(2)16-17-44-38(48)28-8-5-6-23-18-24(19-29(37(23)28)39(44)49)42-15-14-36(47)52-26-11-13-32-34(21-26)53-33-20-25(51-22-35(45)46)10-12-31(33)41(32)30-9-4-3-7-27(30)40(50)54-41/h3-15,18-21,42H,16-17,22H2,1-2H3,(H,45,46)/b15-14+. The molecule has 3 aliphatic rings. The van der Waals surface area contributed by atoms with Crippen LogP contribution in [-0.2, 0) is 19.9 Å². The molecule has 0 saturated heterocycles. The van der Waals surface area contributed by atoms with Crippen LogP contribution in [0.3, 0.4) is 0 Å². The van der Waals surface area contributed by atoms with E-state index in [9.17, 15) is 24.0 Å². The number of nitrogens with zero attached hydrogens (tertiary/aromatic N) is 2. The number of esters is 2. The van der Waals surface area contributed by atoms with E-state index in [0.717, 1.165) is 0 Å². The van der Waals surface area contributed by atoms with Crippen molar-refractivity contribution in [3.8, 4) is 23.0 Å². The topological polar surface area (TPSA) is 161 Å². The van der Waals surface area contributed by atoms with Crippen molar-refractivity contribution in [1.82, 2.24) is 9.80 Å². The monoisotopic (exact) mass is 725 g/mol. The van der Waals surface area contributed by atoms with Gasteiger partial charge in [0.05, 0.1) is 11.1 Å². The number of carboxylic acid groups (broad SMARTS) is 1. The molecular formula is C41H31N3O10. The zero-order chi connectivity index (χ0) is 37.7. The molecule has 0 radical (unpaired) electrons. The van der Waals surface area contributed by atoms with E-state index < -0.39 is 36.0 Å². The fourth-order valence-electron chi connectivity index (χ4n) is 7.04. The van der Waals surface area contributed by atoms with Crippen LogP contribution in [-0.4, -0.2) is 78.4 Å². The fourth-order valence-corrected chi connectivity index (χ4v) is 7.04. The van der Waals surface area contributed by atoms with E-state index in [0.29, 0.717) is 56.4 Å². The van der Waals surface area contributed by atoms with Crippen molar-refractivity contribution >= 4 is 46.2 Å². The van der Waals surface area contributed by atoms with E-state index >= 15 is 0 Å². The van der Waals surface area contributed by atoms with Crippen molar-refractivity contribution in [3.63, 3.8) is 0 Å². The molecule has 1 unspecified atom stereocenters. The summed E-state index contributed by atoms with van der Waals surface area (Å²) in [6.07, 6.45) is 2.56. The van der Waals surface area contributed by atoms with Gasteiger partial charge in [-0.1, -0.05) is 30.3 Å². The molecule has 5 aromatic rings. The molecule has 13 heteroatoms. The van der Waals surface area contributed by atoms with Crippen LogP contribution in [0.2, 0.25) is 0 Å². The summed E-state index contributed by atoms with van der Waals surface area (Å²) >= 11 is 0. The molecule has 3 heterocycles. The van der Waals surface area contributed by atoms with Gasteiger partial charge in [-0.05, 0) is 68.0 Å². The number of anilines is 1. The number of hydrogen-bond donors (Lipinski definition) is 2. The van der Waals surface area contributed by atoms with Crippen molar-refractivity contribution in [1.29, 1.82) is 0 Å². The number of rotatable bonds is 10. The van der Waals surface area contributed by atoms with Crippen LogP contribution in [0.15, 0.2) is 103 Å².